The third kappa shape index (κ3) is 2.34. The first-order valence-electron chi connectivity index (χ1n) is 8.00. The molecule has 3 heteroatoms. The zero-order valence-electron chi connectivity index (χ0n) is 12.3. The number of nitrogens with two attached hydrogens (primary N) is 1. The molecule has 1 aromatic carbocycles. The Labute approximate surface area is 125 Å². The number of hydrogen-bond donors (Lipinski definition) is 1. The number of benzene rings is 1. The van der Waals surface area contributed by atoms with Gasteiger partial charge in [-0.25, -0.2) is 0 Å². The summed E-state index contributed by atoms with van der Waals surface area (Å²) in [5.41, 5.74) is 9.02. The molecular formula is C18H22N2O. The highest BCUT2D eigenvalue weighted by molar-refractivity contribution is 5.79. The third-order valence-corrected chi connectivity index (χ3v) is 5.32. The van der Waals surface area contributed by atoms with Crippen molar-refractivity contribution in [1.29, 1.82) is 0 Å². The summed E-state index contributed by atoms with van der Waals surface area (Å²) in [5.74, 6) is 0.535. The van der Waals surface area contributed by atoms with Crippen LogP contribution in [0.15, 0.2) is 36.5 Å². The van der Waals surface area contributed by atoms with E-state index in [2.05, 4.69) is 29.2 Å². The number of hydrogen-bond acceptors (Lipinski definition) is 3. The lowest BCUT2D eigenvalue weighted by atomic mass is 9.70. The Kier molecular flexibility index (Phi) is 3.20. The zero-order valence-corrected chi connectivity index (χ0v) is 12.3. The summed E-state index contributed by atoms with van der Waals surface area (Å²) in [4.78, 5) is 4.38. The van der Waals surface area contributed by atoms with Gasteiger partial charge in [-0.15, -0.1) is 0 Å². The largest absolute Gasteiger partial charge is 0.375 e. The summed E-state index contributed by atoms with van der Waals surface area (Å²) < 4.78 is 6.02. The maximum atomic E-state index is 6.58. The van der Waals surface area contributed by atoms with Crippen molar-refractivity contribution in [3.05, 3.63) is 42.1 Å². The van der Waals surface area contributed by atoms with E-state index in [-0.39, 0.29) is 11.6 Å². The lowest BCUT2D eigenvalue weighted by Gasteiger charge is -2.48. The zero-order chi connectivity index (χ0) is 14.3. The number of nitrogens with zero attached hydrogens (tertiary/aromatic N) is 1. The van der Waals surface area contributed by atoms with E-state index in [9.17, 15) is 0 Å². The molecule has 2 heterocycles. The first-order valence-corrected chi connectivity index (χ1v) is 8.00. The monoisotopic (exact) mass is 282 g/mol. The van der Waals surface area contributed by atoms with E-state index in [0.717, 1.165) is 25.0 Å². The molecule has 4 rings (SSSR count). The van der Waals surface area contributed by atoms with Gasteiger partial charge in [0.05, 0.1) is 11.1 Å². The molecule has 1 saturated heterocycles. The third-order valence-electron chi connectivity index (χ3n) is 5.32. The molecule has 2 atom stereocenters. The lowest BCUT2D eigenvalue weighted by Crippen LogP contribution is -2.47. The molecule has 1 saturated carbocycles. The van der Waals surface area contributed by atoms with E-state index in [4.69, 9.17) is 10.5 Å². The van der Waals surface area contributed by atoms with Crippen molar-refractivity contribution in [2.75, 3.05) is 6.61 Å². The van der Waals surface area contributed by atoms with Crippen LogP contribution < -0.4 is 5.73 Å². The Morgan fingerprint density at radius 3 is 3.00 bits per heavy atom. The van der Waals surface area contributed by atoms with Crippen molar-refractivity contribution in [3.8, 4) is 0 Å². The fourth-order valence-electron chi connectivity index (χ4n) is 3.87. The van der Waals surface area contributed by atoms with Gasteiger partial charge >= 0.3 is 0 Å². The van der Waals surface area contributed by atoms with Gasteiger partial charge in [-0.05, 0) is 61.8 Å². The number of ether oxygens (including phenoxy) is 1. The Morgan fingerprint density at radius 2 is 2.19 bits per heavy atom. The second-order valence-electron chi connectivity index (χ2n) is 6.62. The topological polar surface area (TPSA) is 48.1 Å². The van der Waals surface area contributed by atoms with Crippen LogP contribution in [-0.2, 0) is 4.74 Å². The molecule has 2 aliphatic rings. The van der Waals surface area contributed by atoms with E-state index in [1.165, 1.54) is 30.2 Å². The van der Waals surface area contributed by atoms with Crippen molar-refractivity contribution in [1.82, 2.24) is 4.98 Å². The molecule has 2 N–H and O–H groups in total. The summed E-state index contributed by atoms with van der Waals surface area (Å²) in [6, 6.07) is 10.6. The molecule has 1 spiro atoms. The molecule has 0 radical (unpaired) electrons. The second-order valence-corrected chi connectivity index (χ2v) is 6.62. The smallest absolute Gasteiger partial charge is 0.0702 e. The van der Waals surface area contributed by atoms with Gasteiger partial charge in [0.2, 0.25) is 0 Å². The van der Waals surface area contributed by atoms with Crippen molar-refractivity contribution in [2.24, 2.45) is 11.7 Å². The highest BCUT2D eigenvalue weighted by Gasteiger charge is 2.43. The fourth-order valence-corrected chi connectivity index (χ4v) is 3.87. The summed E-state index contributed by atoms with van der Waals surface area (Å²) in [7, 11) is 0. The van der Waals surface area contributed by atoms with Crippen LogP contribution in [0.2, 0.25) is 0 Å². The van der Waals surface area contributed by atoms with Crippen LogP contribution >= 0.6 is 0 Å². The summed E-state index contributed by atoms with van der Waals surface area (Å²) in [5, 5.41) is 1.18. The van der Waals surface area contributed by atoms with Gasteiger partial charge in [0, 0.05) is 24.2 Å². The quantitative estimate of drug-likeness (QED) is 0.915. The minimum Gasteiger partial charge on any atom is -0.375 e. The molecule has 0 amide bonds. The van der Waals surface area contributed by atoms with Crippen molar-refractivity contribution < 1.29 is 4.74 Å². The highest BCUT2D eigenvalue weighted by atomic mass is 16.5. The molecule has 2 aromatic rings. The minimum absolute atomic E-state index is 0.107. The van der Waals surface area contributed by atoms with E-state index in [0.29, 0.717) is 5.92 Å². The van der Waals surface area contributed by atoms with Crippen molar-refractivity contribution in [3.63, 3.8) is 0 Å². The van der Waals surface area contributed by atoms with Crippen LogP contribution in [0, 0.1) is 5.92 Å². The number of rotatable bonds is 2. The van der Waals surface area contributed by atoms with Gasteiger partial charge in [0.15, 0.2) is 0 Å². The summed E-state index contributed by atoms with van der Waals surface area (Å²) in [6.45, 7) is 0.869. The van der Waals surface area contributed by atoms with Gasteiger partial charge in [-0.2, -0.15) is 0 Å². The highest BCUT2D eigenvalue weighted by Crippen LogP contribution is 2.46. The molecule has 3 nitrogen and oxygen atoms in total. The van der Waals surface area contributed by atoms with E-state index in [1.54, 1.807) is 0 Å². The van der Waals surface area contributed by atoms with Gasteiger partial charge in [0.25, 0.3) is 0 Å². The summed E-state index contributed by atoms with van der Waals surface area (Å²) >= 11 is 0. The Bertz CT molecular complexity index is 650. The maximum absolute atomic E-state index is 6.58. The van der Waals surface area contributed by atoms with Crippen LogP contribution in [-0.4, -0.2) is 17.2 Å². The number of fused-ring (bicyclic) bond motifs is 1. The SMILES string of the molecule is NC(c1ccc2ncccc2c1)C1CCOC2(CCC2)C1. The Hall–Kier alpha value is -1.45. The molecule has 0 bridgehead atoms. The van der Waals surface area contributed by atoms with Crippen molar-refractivity contribution in [2.45, 2.75) is 43.7 Å². The first kappa shape index (κ1) is 13.2. The molecule has 21 heavy (non-hydrogen) atoms. The molecule has 1 aliphatic heterocycles. The average Bonchev–Trinajstić information content (AvgIpc) is 2.52. The number of pyridine rings is 1. The predicted octanol–water partition coefficient (Wildman–Crippen LogP) is 3.58. The molecule has 110 valence electrons. The van der Waals surface area contributed by atoms with Crippen molar-refractivity contribution >= 4 is 10.9 Å². The van der Waals surface area contributed by atoms with Crippen LogP contribution in [0.1, 0.15) is 43.7 Å². The van der Waals surface area contributed by atoms with E-state index < -0.39 is 0 Å². The van der Waals surface area contributed by atoms with E-state index >= 15 is 0 Å². The fraction of sp³-hybridized carbons (Fsp3) is 0.500. The molecule has 1 aliphatic carbocycles. The normalized spacial score (nSPS) is 25.7. The summed E-state index contributed by atoms with van der Waals surface area (Å²) in [6.07, 6.45) is 7.79. The van der Waals surface area contributed by atoms with Gasteiger partial charge in [0.1, 0.15) is 0 Å². The molecule has 2 unspecified atom stereocenters. The molecule has 2 fully saturated rings. The van der Waals surface area contributed by atoms with Gasteiger partial charge < -0.3 is 10.5 Å². The van der Waals surface area contributed by atoms with Gasteiger partial charge in [-0.3, -0.25) is 4.98 Å². The van der Waals surface area contributed by atoms with Crippen LogP contribution in [0.25, 0.3) is 10.9 Å². The second kappa shape index (κ2) is 5.08. The van der Waals surface area contributed by atoms with E-state index in [1.807, 2.05) is 12.3 Å². The average molecular weight is 282 g/mol. The number of aromatic nitrogens is 1. The van der Waals surface area contributed by atoms with Crippen LogP contribution in [0.5, 0.6) is 0 Å². The minimum atomic E-state index is 0.107. The maximum Gasteiger partial charge on any atom is 0.0702 e. The Morgan fingerprint density at radius 1 is 1.29 bits per heavy atom. The molecule has 1 aromatic heterocycles. The Balaban J connectivity index is 1.58. The van der Waals surface area contributed by atoms with Crippen LogP contribution in [0.4, 0.5) is 0 Å². The first-order chi connectivity index (χ1) is 10.3. The molecular weight excluding hydrogens is 260 g/mol. The lowest BCUT2D eigenvalue weighted by molar-refractivity contribution is -0.146. The standard InChI is InChI=1S/C18H22N2O/c19-17(15-6-10-21-18(12-15)7-2-8-18)14-4-5-16-13(11-14)3-1-9-20-16/h1,3-5,9,11,15,17H,2,6-8,10,12,19H2. The predicted molar refractivity (Wildman–Crippen MR) is 83.9 cm³/mol. The van der Waals surface area contributed by atoms with Gasteiger partial charge in [-0.1, -0.05) is 12.1 Å². The van der Waals surface area contributed by atoms with Crippen LogP contribution in [0.3, 0.4) is 0 Å².